The normalized spacial score (nSPS) is 11.4. The highest BCUT2D eigenvalue weighted by Crippen LogP contribution is 2.21. The van der Waals surface area contributed by atoms with Gasteiger partial charge in [0.1, 0.15) is 5.69 Å². The zero-order chi connectivity index (χ0) is 11.8. The monoisotopic (exact) mass is 216 g/mol. The van der Waals surface area contributed by atoms with Gasteiger partial charge in [0.25, 0.3) is 0 Å². The minimum absolute atomic E-state index is 0.0260. The van der Waals surface area contributed by atoms with E-state index in [0.717, 1.165) is 5.69 Å². The summed E-state index contributed by atoms with van der Waals surface area (Å²) in [7, 11) is 0. The van der Waals surface area contributed by atoms with Crippen molar-refractivity contribution in [2.75, 3.05) is 0 Å². The van der Waals surface area contributed by atoms with Gasteiger partial charge in [-0.3, -0.25) is 4.40 Å². The fourth-order valence-corrected chi connectivity index (χ4v) is 1.35. The molecule has 0 aliphatic rings. The summed E-state index contributed by atoms with van der Waals surface area (Å²) >= 11 is 0. The fourth-order valence-electron chi connectivity index (χ4n) is 1.35. The predicted octanol–water partition coefficient (Wildman–Crippen LogP) is 1.99. The van der Waals surface area contributed by atoms with Crippen LogP contribution in [-0.4, -0.2) is 20.4 Å². The standard InChI is InChI=1S/C11H12N4O/c1-11(2,3)9-6-15-5-8(13-7-16)4-12-10(15)14-9/h4-6H,1-3H3. The van der Waals surface area contributed by atoms with Gasteiger partial charge in [0.2, 0.25) is 11.9 Å². The summed E-state index contributed by atoms with van der Waals surface area (Å²) in [5.41, 5.74) is 1.40. The second kappa shape index (κ2) is 3.54. The summed E-state index contributed by atoms with van der Waals surface area (Å²) in [6, 6.07) is 0. The van der Waals surface area contributed by atoms with Crippen LogP contribution < -0.4 is 0 Å². The first-order chi connectivity index (χ1) is 7.50. The van der Waals surface area contributed by atoms with Crippen LogP contribution in [0.5, 0.6) is 0 Å². The average Bonchev–Trinajstić information content (AvgIpc) is 2.60. The van der Waals surface area contributed by atoms with E-state index in [4.69, 9.17) is 0 Å². The molecule has 0 unspecified atom stereocenters. The first-order valence-electron chi connectivity index (χ1n) is 4.94. The van der Waals surface area contributed by atoms with E-state index in [1.54, 1.807) is 10.6 Å². The number of nitrogens with zero attached hydrogens (tertiary/aromatic N) is 4. The van der Waals surface area contributed by atoms with Crippen LogP contribution in [0.15, 0.2) is 23.6 Å². The zero-order valence-corrected chi connectivity index (χ0v) is 9.43. The molecule has 0 aliphatic heterocycles. The Bertz CT molecular complexity index is 573. The number of rotatable bonds is 1. The van der Waals surface area contributed by atoms with Crippen molar-refractivity contribution in [1.82, 2.24) is 14.4 Å². The lowest BCUT2D eigenvalue weighted by atomic mass is 9.93. The molecule has 82 valence electrons. The molecular weight excluding hydrogens is 204 g/mol. The maximum Gasteiger partial charge on any atom is 0.240 e. The van der Waals surface area contributed by atoms with Crippen molar-refractivity contribution in [3.05, 3.63) is 24.3 Å². The van der Waals surface area contributed by atoms with E-state index >= 15 is 0 Å². The molecule has 0 N–H and O–H groups in total. The van der Waals surface area contributed by atoms with E-state index in [2.05, 4.69) is 35.7 Å². The molecule has 0 saturated carbocycles. The molecule has 0 aliphatic carbocycles. The van der Waals surface area contributed by atoms with Crippen LogP contribution in [0.1, 0.15) is 26.5 Å². The molecule has 2 aromatic rings. The number of hydrogen-bond acceptors (Lipinski definition) is 4. The summed E-state index contributed by atoms with van der Waals surface area (Å²) in [5, 5.41) is 0. The van der Waals surface area contributed by atoms with Gasteiger partial charge < -0.3 is 0 Å². The Morgan fingerprint density at radius 2 is 2.12 bits per heavy atom. The molecule has 5 nitrogen and oxygen atoms in total. The molecule has 0 atom stereocenters. The predicted molar refractivity (Wildman–Crippen MR) is 59.5 cm³/mol. The Hall–Kier alpha value is -2.00. The molecule has 0 bridgehead atoms. The van der Waals surface area contributed by atoms with Gasteiger partial charge >= 0.3 is 0 Å². The molecule has 16 heavy (non-hydrogen) atoms. The summed E-state index contributed by atoms with van der Waals surface area (Å²) in [6.07, 6.45) is 6.59. The van der Waals surface area contributed by atoms with Crippen LogP contribution in [0, 0.1) is 0 Å². The average molecular weight is 216 g/mol. The van der Waals surface area contributed by atoms with Crippen molar-refractivity contribution < 1.29 is 4.79 Å². The van der Waals surface area contributed by atoms with Gasteiger partial charge in [0.15, 0.2) is 0 Å². The molecule has 0 radical (unpaired) electrons. The molecule has 0 aromatic carbocycles. The van der Waals surface area contributed by atoms with Gasteiger partial charge in [-0.1, -0.05) is 20.8 Å². The molecule has 2 rings (SSSR count). The molecule has 2 aromatic heterocycles. The van der Waals surface area contributed by atoms with Gasteiger partial charge in [0.05, 0.1) is 11.9 Å². The van der Waals surface area contributed by atoms with Crippen LogP contribution in [0.4, 0.5) is 5.69 Å². The Morgan fingerprint density at radius 1 is 1.38 bits per heavy atom. The summed E-state index contributed by atoms with van der Waals surface area (Å²) in [6.45, 7) is 6.25. The molecule has 0 saturated heterocycles. The minimum atomic E-state index is -0.0260. The number of hydrogen-bond donors (Lipinski definition) is 0. The van der Waals surface area contributed by atoms with E-state index in [-0.39, 0.29) is 5.41 Å². The van der Waals surface area contributed by atoms with Crippen molar-refractivity contribution in [1.29, 1.82) is 0 Å². The highest BCUT2D eigenvalue weighted by Gasteiger charge is 2.17. The largest absolute Gasteiger partial charge is 0.289 e. The quantitative estimate of drug-likeness (QED) is 0.541. The third-order valence-electron chi connectivity index (χ3n) is 2.24. The van der Waals surface area contributed by atoms with E-state index in [1.807, 2.05) is 6.20 Å². The molecular formula is C11H12N4O. The SMILES string of the molecule is CC(C)(C)c1cn2cc(N=C=O)cnc2n1. The van der Waals surface area contributed by atoms with E-state index in [1.165, 1.54) is 12.3 Å². The molecule has 5 heteroatoms. The molecule has 0 fully saturated rings. The third-order valence-corrected chi connectivity index (χ3v) is 2.24. The van der Waals surface area contributed by atoms with Crippen LogP contribution >= 0.6 is 0 Å². The topological polar surface area (TPSA) is 59.6 Å². The number of isocyanates is 1. The number of fused-ring (bicyclic) bond motifs is 1. The van der Waals surface area contributed by atoms with Crippen molar-refractivity contribution in [3.8, 4) is 0 Å². The minimum Gasteiger partial charge on any atom is -0.289 e. The van der Waals surface area contributed by atoms with E-state index < -0.39 is 0 Å². The summed E-state index contributed by atoms with van der Waals surface area (Å²) in [5.74, 6) is 0.606. The zero-order valence-electron chi connectivity index (χ0n) is 9.43. The lowest BCUT2D eigenvalue weighted by Gasteiger charge is -2.13. The summed E-state index contributed by atoms with van der Waals surface area (Å²) < 4.78 is 1.76. The van der Waals surface area contributed by atoms with Gasteiger partial charge in [-0.25, -0.2) is 14.8 Å². The Labute approximate surface area is 92.9 Å². The van der Waals surface area contributed by atoms with Gasteiger partial charge in [-0.2, -0.15) is 4.99 Å². The number of aromatic nitrogens is 3. The highest BCUT2D eigenvalue weighted by atomic mass is 16.1. The number of imidazole rings is 1. The van der Waals surface area contributed by atoms with Crippen LogP contribution in [0.25, 0.3) is 5.78 Å². The van der Waals surface area contributed by atoms with Gasteiger partial charge in [-0.15, -0.1) is 0 Å². The maximum atomic E-state index is 10.1. The lowest BCUT2D eigenvalue weighted by molar-refractivity contribution is 0.565. The van der Waals surface area contributed by atoms with Crippen molar-refractivity contribution in [2.45, 2.75) is 26.2 Å². The van der Waals surface area contributed by atoms with E-state index in [9.17, 15) is 4.79 Å². The smallest absolute Gasteiger partial charge is 0.240 e. The van der Waals surface area contributed by atoms with Crippen LogP contribution in [0.2, 0.25) is 0 Å². The van der Waals surface area contributed by atoms with Gasteiger partial charge in [0, 0.05) is 17.8 Å². The Morgan fingerprint density at radius 3 is 2.75 bits per heavy atom. The number of aliphatic imine (C=N–C) groups is 1. The highest BCUT2D eigenvalue weighted by molar-refractivity contribution is 5.48. The Kier molecular flexibility index (Phi) is 2.33. The van der Waals surface area contributed by atoms with Gasteiger partial charge in [-0.05, 0) is 0 Å². The van der Waals surface area contributed by atoms with Crippen molar-refractivity contribution in [3.63, 3.8) is 0 Å². The Balaban J connectivity index is 2.58. The lowest BCUT2D eigenvalue weighted by Crippen LogP contribution is -2.11. The fraction of sp³-hybridized carbons (Fsp3) is 0.364. The molecule has 0 amide bonds. The summed E-state index contributed by atoms with van der Waals surface area (Å²) in [4.78, 5) is 22.2. The second-order valence-electron chi connectivity index (χ2n) is 4.60. The molecule has 2 heterocycles. The maximum absolute atomic E-state index is 10.1. The van der Waals surface area contributed by atoms with E-state index in [0.29, 0.717) is 11.5 Å². The second-order valence-corrected chi connectivity index (χ2v) is 4.60. The molecule has 0 spiro atoms. The van der Waals surface area contributed by atoms with Crippen molar-refractivity contribution in [2.24, 2.45) is 4.99 Å². The first-order valence-corrected chi connectivity index (χ1v) is 4.94. The first kappa shape index (κ1) is 10.5. The number of carbonyl (C=O) groups excluding carboxylic acids is 1. The van der Waals surface area contributed by atoms with Crippen molar-refractivity contribution >= 4 is 17.5 Å². The van der Waals surface area contributed by atoms with Crippen LogP contribution in [0.3, 0.4) is 0 Å². The third kappa shape index (κ3) is 1.85. The van der Waals surface area contributed by atoms with Crippen LogP contribution in [-0.2, 0) is 10.2 Å².